The molecule has 2 heterocycles. The van der Waals surface area contributed by atoms with Crippen LogP contribution in [0.15, 0.2) is 41.2 Å². The number of amidine groups is 1. The van der Waals surface area contributed by atoms with Crippen molar-refractivity contribution in [3.05, 3.63) is 57.9 Å². The van der Waals surface area contributed by atoms with E-state index in [1.807, 2.05) is 26.2 Å². The fourth-order valence-corrected chi connectivity index (χ4v) is 5.94. The van der Waals surface area contributed by atoms with E-state index in [4.69, 9.17) is 16.1 Å². The summed E-state index contributed by atoms with van der Waals surface area (Å²) in [5, 5.41) is 7.72. The van der Waals surface area contributed by atoms with E-state index in [0.29, 0.717) is 34.9 Å². The average Bonchev–Trinajstić information content (AvgIpc) is 2.83. The molecule has 192 valence electrons. The monoisotopic (exact) mass is 488 g/mol. The predicted octanol–water partition coefficient (Wildman–Crippen LogP) is 4.91. The number of anilines is 1. The number of hydrogen-bond acceptors (Lipinski definition) is 5. The van der Waals surface area contributed by atoms with Gasteiger partial charge in [0.15, 0.2) is 0 Å². The number of nitrogens with one attached hydrogen (secondary N) is 2. The zero-order valence-electron chi connectivity index (χ0n) is 22.3. The van der Waals surface area contributed by atoms with E-state index in [9.17, 15) is 4.79 Å². The number of nitrogens with two attached hydrogens (primary N) is 1. The molecule has 3 aromatic rings. The van der Waals surface area contributed by atoms with Gasteiger partial charge in [0.25, 0.3) is 5.56 Å². The molecule has 0 spiro atoms. The summed E-state index contributed by atoms with van der Waals surface area (Å²) in [7, 11) is 4.08. The second-order valence-electron chi connectivity index (χ2n) is 10.6. The largest absolute Gasteiger partial charge is 0.384 e. The van der Waals surface area contributed by atoms with Crippen LogP contribution in [-0.2, 0) is 6.42 Å². The van der Waals surface area contributed by atoms with Gasteiger partial charge >= 0.3 is 0 Å². The lowest BCUT2D eigenvalue weighted by Gasteiger charge is -2.43. The quantitative estimate of drug-likeness (QED) is 0.309. The molecule has 2 aromatic carbocycles. The Morgan fingerprint density at radius 3 is 2.61 bits per heavy atom. The van der Waals surface area contributed by atoms with Gasteiger partial charge in [-0.15, -0.1) is 0 Å². The van der Waals surface area contributed by atoms with Gasteiger partial charge in [-0.05, 0) is 71.1 Å². The summed E-state index contributed by atoms with van der Waals surface area (Å²) in [4.78, 5) is 25.9. The highest BCUT2D eigenvalue weighted by molar-refractivity contribution is 5.96. The molecule has 0 aliphatic carbocycles. The minimum atomic E-state index is -0.232. The molecule has 1 saturated heterocycles. The van der Waals surface area contributed by atoms with Gasteiger partial charge < -0.3 is 15.6 Å². The Bertz CT molecular complexity index is 1290. The Kier molecular flexibility index (Phi) is 7.79. The van der Waals surface area contributed by atoms with Crippen molar-refractivity contribution < 1.29 is 0 Å². The second-order valence-corrected chi connectivity index (χ2v) is 10.6. The summed E-state index contributed by atoms with van der Waals surface area (Å²) in [6.07, 6.45) is 6.94. The summed E-state index contributed by atoms with van der Waals surface area (Å²) in [5.41, 5.74) is 10.8. The lowest BCUT2D eigenvalue weighted by molar-refractivity contribution is 0.0581. The molecule has 1 aliphatic rings. The fourth-order valence-electron chi connectivity index (χ4n) is 5.94. The van der Waals surface area contributed by atoms with Gasteiger partial charge in [-0.2, -0.15) is 0 Å². The zero-order chi connectivity index (χ0) is 26.0. The number of piperidine rings is 1. The molecular weight excluding hydrogens is 448 g/mol. The number of nitrogens with zero attached hydrogens (tertiary/aromatic N) is 3. The Morgan fingerprint density at radius 1 is 1.22 bits per heavy atom. The van der Waals surface area contributed by atoms with Crippen LogP contribution in [0.25, 0.3) is 22.3 Å². The van der Waals surface area contributed by atoms with Crippen LogP contribution in [0.5, 0.6) is 0 Å². The van der Waals surface area contributed by atoms with E-state index < -0.39 is 0 Å². The Hall–Kier alpha value is -3.19. The molecule has 1 aliphatic heterocycles. The van der Waals surface area contributed by atoms with E-state index in [1.54, 1.807) is 18.2 Å². The van der Waals surface area contributed by atoms with E-state index in [2.05, 4.69) is 41.6 Å². The van der Waals surface area contributed by atoms with E-state index in [0.717, 1.165) is 41.5 Å². The van der Waals surface area contributed by atoms with Crippen LogP contribution < -0.4 is 16.2 Å². The minimum Gasteiger partial charge on any atom is -0.384 e. The second kappa shape index (κ2) is 10.8. The molecule has 4 rings (SSSR count). The van der Waals surface area contributed by atoms with Gasteiger partial charge in [-0.3, -0.25) is 15.1 Å². The molecule has 0 saturated carbocycles. The first kappa shape index (κ1) is 25.9. The van der Waals surface area contributed by atoms with Crippen LogP contribution in [0.4, 0.5) is 5.69 Å². The summed E-state index contributed by atoms with van der Waals surface area (Å²) < 4.78 is 0. The molecule has 0 radical (unpaired) electrons. The topological polar surface area (TPSA) is 102 Å². The number of hydrogen-bond donors (Lipinski definition) is 3. The molecule has 1 aromatic heterocycles. The number of aromatic amines is 1. The lowest BCUT2D eigenvalue weighted by Crippen LogP contribution is -2.48. The van der Waals surface area contributed by atoms with Crippen molar-refractivity contribution in [2.45, 2.75) is 77.4 Å². The first-order valence-corrected chi connectivity index (χ1v) is 13.1. The van der Waals surface area contributed by atoms with Crippen LogP contribution in [0, 0.1) is 5.41 Å². The van der Waals surface area contributed by atoms with Crippen molar-refractivity contribution in [3.8, 4) is 11.3 Å². The highest BCUT2D eigenvalue weighted by atomic mass is 16.1. The van der Waals surface area contributed by atoms with E-state index >= 15 is 0 Å². The van der Waals surface area contributed by atoms with Crippen LogP contribution in [-0.4, -0.2) is 52.9 Å². The molecule has 0 amide bonds. The highest BCUT2D eigenvalue weighted by Gasteiger charge is 2.28. The van der Waals surface area contributed by atoms with E-state index in [1.165, 1.54) is 19.3 Å². The van der Waals surface area contributed by atoms with Crippen LogP contribution >= 0.6 is 0 Å². The molecular formula is C29H40N6O. The average molecular weight is 489 g/mol. The maximum atomic E-state index is 13.2. The molecule has 7 nitrogen and oxygen atoms in total. The van der Waals surface area contributed by atoms with Gasteiger partial charge in [-0.25, -0.2) is 4.98 Å². The first-order valence-electron chi connectivity index (χ1n) is 13.1. The fraction of sp³-hybridized carbons (Fsp3) is 0.483. The van der Waals surface area contributed by atoms with Crippen LogP contribution in [0.3, 0.4) is 0 Å². The van der Waals surface area contributed by atoms with Gasteiger partial charge in [0, 0.05) is 54.6 Å². The lowest BCUT2D eigenvalue weighted by atomic mass is 9.93. The third kappa shape index (κ3) is 5.31. The molecule has 7 heteroatoms. The van der Waals surface area contributed by atoms with Crippen molar-refractivity contribution in [3.63, 3.8) is 0 Å². The number of aromatic nitrogens is 2. The first-order chi connectivity index (χ1) is 17.2. The molecule has 36 heavy (non-hydrogen) atoms. The van der Waals surface area contributed by atoms with Gasteiger partial charge in [0.2, 0.25) is 0 Å². The number of fused-ring (bicyclic) bond motifs is 1. The van der Waals surface area contributed by atoms with Crippen LogP contribution in [0.1, 0.15) is 64.0 Å². The van der Waals surface area contributed by atoms with Crippen molar-refractivity contribution in [2.24, 2.45) is 5.73 Å². The standard InChI is InChI=1S/C29H40N6O/c1-18-9-6-10-19(2)35(18)20(3)11-7-14-23-25(34(4)5)16-15-24-27(23)33-29(36)26(32-24)21-12-8-13-22(17-21)28(30)31/h8,12-13,15-20H,6-7,9-11,14H2,1-5H3,(H3,30,31)(H,33,36). The molecule has 4 N–H and O–H groups in total. The highest BCUT2D eigenvalue weighted by Crippen LogP contribution is 2.30. The minimum absolute atomic E-state index is 0.0328. The Labute approximate surface area is 214 Å². The number of aryl methyl sites for hydroxylation is 1. The number of benzene rings is 2. The van der Waals surface area contributed by atoms with Crippen molar-refractivity contribution >= 4 is 22.6 Å². The third-order valence-corrected chi connectivity index (χ3v) is 7.70. The maximum Gasteiger partial charge on any atom is 0.274 e. The molecule has 3 unspecified atom stereocenters. The predicted molar refractivity (Wildman–Crippen MR) is 150 cm³/mol. The Morgan fingerprint density at radius 2 is 1.94 bits per heavy atom. The van der Waals surface area contributed by atoms with Gasteiger partial charge in [-0.1, -0.05) is 24.6 Å². The molecule has 0 bridgehead atoms. The normalized spacial score (nSPS) is 19.4. The summed E-state index contributed by atoms with van der Waals surface area (Å²) in [5.74, 6) is -0.0328. The van der Waals surface area contributed by atoms with Gasteiger partial charge in [0.05, 0.1) is 11.0 Å². The third-order valence-electron chi connectivity index (χ3n) is 7.70. The Balaban J connectivity index is 1.64. The number of rotatable bonds is 8. The van der Waals surface area contributed by atoms with Crippen molar-refractivity contribution in [2.75, 3.05) is 19.0 Å². The van der Waals surface area contributed by atoms with Crippen molar-refractivity contribution in [1.29, 1.82) is 5.41 Å². The summed E-state index contributed by atoms with van der Waals surface area (Å²) in [6.45, 7) is 7.08. The van der Waals surface area contributed by atoms with Crippen molar-refractivity contribution in [1.82, 2.24) is 14.9 Å². The van der Waals surface area contributed by atoms with Crippen LogP contribution in [0.2, 0.25) is 0 Å². The molecule has 1 fully saturated rings. The number of H-pyrrole nitrogens is 1. The van der Waals surface area contributed by atoms with Gasteiger partial charge in [0.1, 0.15) is 11.5 Å². The maximum absolute atomic E-state index is 13.2. The molecule has 3 atom stereocenters. The van der Waals surface area contributed by atoms with E-state index in [-0.39, 0.29) is 11.4 Å². The smallest absolute Gasteiger partial charge is 0.274 e. The SMILES string of the molecule is CC(CCCc1c(N(C)C)ccc2nc(-c3cccc(C(=N)N)c3)c(=O)[nH]c12)N1C(C)CCCC1C. The zero-order valence-corrected chi connectivity index (χ0v) is 22.3. The number of nitrogen functional groups attached to an aromatic ring is 1. The number of likely N-dealkylation sites (tertiary alicyclic amines) is 1. The summed E-state index contributed by atoms with van der Waals surface area (Å²) >= 11 is 0. The summed E-state index contributed by atoms with van der Waals surface area (Å²) in [6, 6.07) is 13.0.